The zero-order valence-electron chi connectivity index (χ0n) is 15.6. The molecule has 2 aromatic carbocycles. The van der Waals surface area contributed by atoms with Gasteiger partial charge in [-0.05, 0) is 24.3 Å². The van der Waals surface area contributed by atoms with Gasteiger partial charge in [0.2, 0.25) is 0 Å². The summed E-state index contributed by atoms with van der Waals surface area (Å²) in [5, 5.41) is 1.12. The molecule has 5 rings (SSSR count). The molecule has 2 fully saturated rings. The molecule has 142 valence electrons. The highest BCUT2D eigenvalue weighted by Gasteiger charge is 2.48. The van der Waals surface area contributed by atoms with Crippen molar-refractivity contribution in [3.63, 3.8) is 0 Å². The molecule has 1 amide bonds. The number of hydrogen-bond donors (Lipinski definition) is 0. The fourth-order valence-electron chi connectivity index (χ4n) is 4.12. The molecular formula is C22H21N3O3. The summed E-state index contributed by atoms with van der Waals surface area (Å²) < 4.78 is 11.1. The average Bonchev–Trinajstić information content (AvgIpc) is 3.26. The lowest BCUT2D eigenvalue weighted by atomic mass is 10.1. The highest BCUT2D eigenvalue weighted by atomic mass is 16.6. The van der Waals surface area contributed by atoms with Crippen LogP contribution in [0.4, 0.5) is 10.6 Å². The van der Waals surface area contributed by atoms with E-state index in [1.807, 2.05) is 53.4 Å². The molecule has 0 unspecified atom stereocenters. The minimum Gasteiger partial charge on any atom is -0.496 e. The Bertz CT molecular complexity index is 1040. The van der Waals surface area contributed by atoms with Crippen LogP contribution in [0, 0.1) is 0 Å². The molecular weight excluding hydrogens is 354 g/mol. The van der Waals surface area contributed by atoms with E-state index in [0.717, 1.165) is 28.0 Å². The largest absolute Gasteiger partial charge is 0.496 e. The van der Waals surface area contributed by atoms with Crippen LogP contribution in [-0.4, -0.2) is 48.3 Å². The molecule has 1 aromatic heterocycles. The Hall–Kier alpha value is -3.28. The zero-order chi connectivity index (χ0) is 19.1. The molecule has 0 saturated carbocycles. The Labute approximate surface area is 163 Å². The number of carbonyl (C=O) groups is 1. The molecule has 6 heteroatoms. The lowest BCUT2D eigenvalue weighted by molar-refractivity contribution is 0.135. The van der Waals surface area contributed by atoms with Crippen LogP contribution in [0.1, 0.15) is 5.56 Å². The second-order valence-corrected chi connectivity index (χ2v) is 7.20. The highest BCUT2D eigenvalue weighted by molar-refractivity contribution is 5.80. The number of nitrogens with zero attached hydrogens (tertiary/aromatic N) is 3. The van der Waals surface area contributed by atoms with Gasteiger partial charge in [0.1, 0.15) is 17.7 Å². The van der Waals surface area contributed by atoms with Gasteiger partial charge in [-0.15, -0.1) is 0 Å². The van der Waals surface area contributed by atoms with Gasteiger partial charge in [0.05, 0.1) is 31.8 Å². The maximum absolute atomic E-state index is 12.4. The Morgan fingerprint density at radius 3 is 2.79 bits per heavy atom. The van der Waals surface area contributed by atoms with Gasteiger partial charge in [-0.3, -0.25) is 4.90 Å². The van der Waals surface area contributed by atoms with Crippen molar-refractivity contribution in [2.45, 2.75) is 18.7 Å². The number of amides is 1. The molecule has 3 heterocycles. The summed E-state index contributed by atoms with van der Waals surface area (Å²) in [5.74, 6) is 1.70. The lowest BCUT2D eigenvalue weighted by Gasteiger charge is -2.24. The Kier molecular flexibility index (Phi) is 4.04. The summed E-state index contributed by atoms with van der Waals surface area (Å²) in [6.07, 6.45) is -0.400. The van der Waals surface area contributed by atoms with Crippen molar-refractivity contribution in [2.24, 2.45) is 0 Å². The minimum atomic E-state index is -0.257. The van der Waals surface area contributed by atoms with Gasteiger partial charge >= 0.3 is 6.09 Å². The van der Waals surface area contributed by atoms with E-state index in [4.69, 9.17) is 14.5 Å². The third kappa shape index (κ3) is 2.81. The molecule has 2 atom stereocenters. The van der Waals surface area contributed by atoms with Gasteiger partial charge in [-0.25, -0.2) is 9.78 Å². The van der Waals surface area contributed by atoms with Gasteiger partial charge in [-0.2, -0.15) is 0 Å². The van der Waals surface area contributed by atoms with Crippen LogP contribution >= 0.6 is 0 Å². The van der Waals surface area contributed by atoms with E-state index < -0.39 is 0 Å². The van der Waals surface area contributed by atoms with Crippen molar-refractivity contribution in [1.82, 2.24) is 9.88 Å². The number of benzene rings is 2. The Balaban J connectivity index is 1.38. The summed E-state index contributed by atoms with van der Waals surface area (Å²) in [5.41, 5.74) is 1.95. The summed E-state index contributed by atoms with van der Waals surface area (Å²) in [6.45, 7) is 1.84. The maximum Gasteiger partial charge on any atom is 0.410 e. The van der Waals surface area contributed by atoms with Crippen molar-refractivity contribution >= 4 is 22.8 Å². The molecule has 0 aliphatic carbocycles. The topological polar surface area (TPSA) is 54.9 Å². The third-order valence-electron chi connectivity index (χ3n) is 5.56. The number of rotatable bonds is 4. The van der Waals surface area contributed by atoms with Gasteiger partial charge in [0, 0.05) is 17.5 Å². The molecule has 0 N–H and O–H groups in total. The monoisotopic (exact) mass is 375 g/mol. The van der Waals surface area contributed by atoms with Crippen molar-refractivity contribution < 1.29 is 14.3 Å². The maximum atomic E-state index is 12.4. The van der Waals surface area contributed by atoms with Crippen LogP contribution < -0.4 is 9.64 Å². The standard InChI is InChI=1S/C22H21N3O3/c1-27-19-9-5-3-7-16(19)12-25-18-13-24(14-20(18)28-22(25)26)21-11-10-15-6-2-4-8-17(15)23-21/h2-11,18,20H,12-14H2,1H3/t18-,20+/m0/s1. The van der Waals surface area contributed by atoms with Crippen molar-refractivity contribution in [3.05, 3.63) is 66.2 Å². The molecule has 0 radical (unpaired) electrons. The van der Waals surface area contributed by atoms with E-state index in [0.29, 0.717) is 19.6 Å². The van der Waals surface area contributed by atoms with Gasteiger partial charge < -0.3 is 14.4 Å². The molecule has 2 saturated heterocycles. The molecule has 0 spiro atoms. The van der Waals surface area contributed by atoms with E-state index in [9.17, 15) is 4.79 Å². The number of anilines is 1. The zero-order valence-corrected chi connectivity index (χ0v) is 15.6. The SMILES string of the molecule is COc1ccccc1CN1C(=O)O[C@@H]2CN(c3ccc4ccccc4n3)C[C@@H]21. The van der Waals surface area contributed by atoms with E-state index in [1.54, 1.807) is 7.11 Å². The normalized spacial score (nSPS) is 21.1. The number of methoxy groups -OCH3 is 1. The average molecular weight is 375 g/mol. The number of pyridine rings is 1. The fourth-order valence-corrected chi connectivity index (χ4v) is 4.12. The number of hydrogen-bond acceptors (Lipinski definition) is 5. The number of carbonyl (C=O) groups excluding carboxylic acids is 1. The summed E-state index contributed by atoms with van der Waals surface area (Å²) >= 11 is 0. The number of fused-ring (bicyclic) bond motifs is 2. The van der Waals surface area contributed by atoms with Crippen LogP contribution in [0.5, 0.6) is 5.75 Å². The quantitative estimate of drug-likeness (QED) is 0.699. The molecule has 6 nitrogen and oxygen atoms in total. The van der Waals surface area contributed by atoms with Gasteiger partial charge in [0.25, 0.3) is 0 Å². The smallest absolute Gasteiger partial charge is 0.410 e. The first-order valence-corrected chi connectivity index (χ1v) is 9.43. The summed E-state index contributed by atoms with van der Waals surface area (Å²) in [6, 6.07) is 20.0. The van der Waals surface area contributed by atoms with Gasteiger partial charge in [0.15, 0.2) is 0 Å². The summed E-state index contributed by atoms with van der Waals surface area (Å²) in [7, 11) is 1.65. The van der Waals surface area contributed by atoms with Crippen molar-refractivity contribution in [1.29, 1.82) is 0 Å². The van der Waals surface area contributed by atoms with Crippen LogP contribution in [0.15, 0.2) is 60.7 Å². The number of ether oxygens (including phenoxy) is 2. The predicted molar refractivity (Wildman–Crippen MR) is 107 cm³/mol. The first-order valence-electron chi connectivity index (χ1n) is 9.43. The van der Waals surface area contributed by atoms with Crippen molar-refractivity contribution in [3.8, 4) is 5.75 Å². The first-order chi connectivity index (χ1) is 13.7. The van der Waals surface area contributed by atoms with Crippen LogP contribution in [-0.2, 0) is 11.3 Å². The van der Waals surface area contributed by atoms with Crippen LogP contribution in [0.2, 0.25) is 0 Å². The lowest BCUT2D eigenvalue weighted by Crippen LogP contribution is -2.37. The number of para-hydroxylation sites is 2. The minimum absolute atomic E-state index is 0.00526. The van der Waals surface area contributed by atoms with Crippen LogP contribution in [0.25, 0.3) is 10.9 Å². The van der Waals surface area contributed by atoms with Gasteiger partial charge in [-0.1, -0.05) is 36.4 Å². The van der Waals surface area contributed by atoms with Crippen molar-refractivity contribution in [2.75, 3.05) is 25.1 Å². The molecule has 3 aromatic rings. The highest BCUT2D eigenvalue weighted by Crippen LogP contribution is 2.32. The molecule has 2 aliphatic heterocycles. The Morgan fingerprint density at radius 2 is 1.89 bits per heavy atom. The van der Waals surface area contributed by atoms with E-state index in [1.165, 1.54) is 0 Å². The molecule has 28 heavy (non-hydrogen) atoms. The van der Waals surface area contributed by atoms with E-state index in [2.05, 4.69) is 17.0 Å². The number of aromatic nitrogens is 1. The van der Waals surface area contributed by atoms with E-state index in [-0.39, 0.29) is 18.2 Å². The molecule has 0 bridgehead atoms. The second-order valence-electron chi connectivity index (χ2n) is 7.20. The predicted octanol–water partition coefficient (Wildman–Crippen LogP) is 3.45. The second kappa shape index (κ2) is 6.71. The molecule has 2 aliphatic rings. The van der Waals surface area contributed by atoms with E-state index >= 15 is 0 Å². The first kappa shape index (κ1) is 16.9. The fraction of sp³-hybridized carbons (Fsp3) is 0.273. The Morgan fingerprint density at radius 1 is 1.07 bits per heavy atom. The third-order valence-corrected chi connectivity index (χ3v) is 5.56. The summed E-state index contributed by atoms with van der Waals surface area (Å²) in [4.78, 5) is 21.2. The van der Waals surface area contributed by atoms with Crippen LogP contribution in [0.3, 0.4) is 0 Å².